The zero-order valence-electron chi connectivity index (χ0n) is 20.8. The van der Waals surface area contributed by atoms with Gasteiger partial charge in [0.15, 0.2) is 0 Å². The van der Waals surface area contributed by atoms with E-state index in [4.69, 9.17) is 14.5 Å². The van der Waals surface area contributed by atoms with Crippen molar-refractivity contribution in [2.75, 3.05) is 25.2 Å². The van der Waals surface area contributed by atoms with Crippen LogP contribution in [-0.4, -0.2) is 46.9 Å². The number of benzene rings is 3. The van der Waals surface area contributed by atoms with Gasteiger partial charge in [-0.1, -0.05) is 30.3 Å². The highest BCUT2D eigenvalue weighted by atomic mass is 16.5. The molecule has 5 rings (SSSR count). The van der Waals surface area contributed by atoms with Gasteiger partial charge >= 0.3 is 0 Å². The maximum Gasteiger partial charge on any atom is 0.227 e. The van der Waals surface area contributed by atoms with Crippen molar-refractivity contribution in [3.05, 3.63) is 83.7 Å². The van der Waals surface area contributed by atoms with Crippen molar-refractivity contribution in [2.24, 2.45) is 0 Å². The standard InChI is InChI=1S/C29H31N3O4/c1-19-11-12-20(2)27(13-19)36-18-23(33)17-32-26-10-5-4-9-25(26)30-29(32)21-14-28(34)31(16-21)22-7-6-8-24(15-22)35-3/h4-13,15,21,23,33H,14,16-18H2,1-3H3/t21-,23+/m1/s1. The number of methoxy groups -OCH3 is 1. The SMILES string of the molecule is COc1cccc(N2C[C@H](c3nc4ccccc4n3C[C@H](O)COc3cc(C)ccc3C)CC2=O)c1. The first-order chi connectivity index (χ1) is 17.4. The molecule has 1 N–H and O–H groups in total. The summed E-state index contributed by atoms with van der Waals surface area (Å²) in [7, 11) is 1.62. The number of nitrogens with zero attached hydrogens (tertiary/aromatic N) is 3. The number of aryl methyl sites for hydroxylation is 2. The molecule has 3 aromatic carbocycles. The molecule has 2 heterocycles. The normalized spacial score (nSPS) is 16.5. The van der Waals surface area contributed by atoms with E-state index in [2.05, 4.69) is 0 Å². The molecule has 7 nitrogen and oxygen atoms in total. The van der Waals surface area contributed by atoms with Crippen molar-refractivity contribution >= 4 is 22.6 Å². The number of anilines is 1. The van der Waals surface area contributed by atoms with E-state index in [1.807, 2.05) is 85.1 Å². The Morgan fingerprint density at radius 2 is 1.92 bits per heavy atom. The lowest BCUT2D eigenvalue weighted by Gasteiger charge is -2.19. The molecule has 1 fully saturated rings. The van der Waals surface area contributed by atoms with Crippen LogP contribution in [0.3, 0.4) is 0 Å². The highest BCUT2D eigenvalue weighted by Gasteiger charge is 2.35. The molecule has 36 heavy (non-hydrogen) atoms. The second kappa shape index (κ2) is 10.0. The van der Waals surface area contributed by atoms with Gasteiger partial charge in [-0.25, -0.2) is 4.98 Å². The smallest absolute Gasteiger partial charge is 0.227 e. The quantitative estimate of drug-likeness (QED) is 0.394. The Kier molecular flexibility index (Phi) is 6.65. The summed E-state index contributed by atoms with van der Waals surface area (Å²) in [6.07, 6.45) is -0.386. The van der Waals surface area contributed by atoms with Gasteiger partial charge in [-0.3, -0.25) is 4.79 Å². The Morgan fingerprint density at radius 1 is 1.08 bits per heavy atom. The molecule has 1 amide bonds. The van der Waals surface area contributed by atoms with Crippen molar-refractivity contribution in [3.8, 4) is 11.5 Å². The minimum atomic E-state index is -0.743. The zero-order valence-corrected chi connectivity index (χ0v) is 20.8. The molecule has 1 saturated heterocycles. The number of amides is 1. The Balaban J connectivity index is 1.38. The van der Waals surface area contributed by atoms with Crippen LogP contribution in [0.5, 0.6) is 11.5 Å². The second-order valence-corrected chi connectivity index (χ2v) is 9.41. The van der Waals surface area contributed by atoms with Crippen molar-refractivity contribution < 1.29 is 19.4 Å². The number of imidazole rings is 1. The molecular weight excluding hydrogens is 454 g/mol. The van der Waals surface area contributed by atoms with Crippen molar-refractivity contribution in [2.45, 2.75) is 38.8 Å². The van der Waals surface area contributed by atoms with Crippen LogP contribution in [0.15, 0.2) is 66.7 Å². The van der Waals surface area contributed by atoms with Crippen LogP contribution >= 0.6 is 0 Å². The van der Waals surface area contributed by atoms with Gasteiger partial charge in [-0.2, -0.15) is 0 Å². The molecule has 2 atom stereocenters. The largest absolute Gasteiger partial charge is 0.497 e. The minimum absolute atomic E-state index is 0.0469. The number of fused-ring (bicyclic) bond motifs is 1. The maximum absolute atomic E-state index is 13.0. The summed E-state index contributed by atoms with van der Waals surface area (Å²) in [4.78, 5) is 19.7. The van der Waals surface area contributed by atoms with E-state index >= 15 is 0 Å². The first-order valence-electron chi connectivity index (χ1n) is 12.2. The molecule has 0 saturated carbocycles. The highest BCUT2D eigenvalue weighted by molar-refractivity contribution is 5.96. The topological polar surface area (TPSA) is 76.8 Å². The molecule has 0 unspecified atom stereocenters. The highest BCUT2D eigenvalue weighted by Crippen LogP contribution is 2.34. The number of carbonyl (C=O) groups excluding carboxylic acids is 1. The van der Waals surface area contributed by atoms with E-state index in [1.165, 1.54) is 0 Å². The van der Waals surface area contributed by atoms with Gasteiger partial charge in [-0.05, 0) is 55.3 Å². The van der Waals surface area contributed by atoms with Gasteiger partial charge in [0.05, 0.1) is 24.7 Å². The summed E-state index contributed by atoms with van der Waals surface area (Å²) in [5.41, 5.74) is 4.74. The van der Waals surface area contributed by atoms with E-state index in [9.17, 15) is 9.90 Å². The first-order valence-corrected chi connectivity index (χ1v) is 12.2. The third-order valence-corrected chi connectivity index (χ3v) is 6.71. The van der Waals surface area contributed by atoms with Gasteiger partial charge < -0.3 is 24.0 Å². The number of hydrogen-bond acceptors (Lipinski definition) is 5. The molecule has 4 aromatic rings. The van der Waals surface area contributed by atoms with E-state index in [1.54, 1.807) is 12.0 Å². The lowest BCUT2D eigenvalue weighted by atomic mass is 10.1. The molecule has 0 bridgehead atoms. The van der Waals surface area contributed by atoms with Crippen molar-refractivity contribution in [1.82, 2.24) is 9.55 Å². The summed E-state index contributed by atoms with van der Waals surface area (Å²) in [6, 6.07) is 21.5. The van der Waals surface area contributed by atoms with E-state index in [-0.39, 0.29) is 18.4 Å². The monoisotopic (exact) mass is 485 g/mol. The van der Waals surface area contributed by atoms with Crippen LogP contribution in [0.4, 0.5) is 5.69 Å². The zero-order chi connectivity index (χ0) is 25.2. The van der Waals surface area contributed by atoms with Crippen molar-refractivity contribution in [3.63, 3.8) is 0 Å². The third kappa shape index (κ3) is 4.79. The first kappa shape index (κ1) is 23.9. The van der Waals surface area contributed by atoms with Crippen LogP contribution < -0.4 is 14.4 Å². The fourth-order valence-electron chi connectivity index (χ4n) is 4.82. The molecule has 0 aliphatic carbocycles. The fourth-order valence-corrected chi connectivity index (χ4v) is 4.82. The summed E-state index contributed by atoms with van der Waals surface area (Å²) in [5.74, 6) is 2.25. The number of aliphatic hydroxyl groups is 1. The van der Waals surface area contributed by atoms with Gasteiger partial charge in [-0.15, -0.1) is 0 Å². The average molecular weight is 486 g/mol. The fraction of sp³-hybridized carbons (Fsp3) is 0.310. The predicted octanol–water partition coefficient (Wildman–Crippen LogP) is 4.62. The van der Waals surface area contributed by atoms with Crippen LogP contribution in [-0.2, 0) is 11.3 Å². The number of carbonyl (C=O) groups is 1. The summed E-state index contributed by atoms with van der Waals surface area (Å²) in [6.45, 7) is 5.02. The average Bonchev–Trinajstić information content (AvgIpc) is 3.45. The summed E-state index contributed by atoms with van der Waals surface area (Å²) in [5, 5.41) is 10.9. The molecule has 186 valence electrons. The van der Waals surface area contributed by atoms with Gasteiger partial charge in [0, 0.05) is 30.6 Å². The Bertz CT molecular complexity index is 1400. The van der Waals surface area contributed by atoms with Crippen LogP contribution in [0.2, 0.25) is 0 Å². The van der Waals surface area contributed by atoms with Crippen LogP contribution in [0.25, 0.3) is 11.0 Å². The Hall–Kier alpha value is -3.84. The molecule has 0 spiro atoms. The number of hydrogen-bond donors (Lipinski definition) is 1. The molecule has 7 heteroatoms. The molecule has 0 radical (unpaired) electrons. The minimum Gasteiger partial charge on any atom is -0.497 e. The predicted molar refractivity (Wildman–Crippen MR) is 140 cm³/mol. The van der Waals surface area contributed by atoms with Gasteiger partial charge in [0.1, 0.15) is 30.0 Å². The number of rotatable bonds is 8. The molecular formula is C29H31N3O4. The van der Waals surface area contributed by atoms with Crippen molar-refractivity contribution in [1.29, 1.82) is 0 Å². The Morgan fingerprint density at radius 3 is 2.75 bits per heavy atom. The summed E-state index contributed by atoms with van der Waals surface area (Å²) < 4.78 is 13.3. The number of aromatic nitrogens is 2. The summed E-state index contributed by atoms with van der Waals surface area (Å²) >= 11 is 0. The van der Waals surface area contributed by atoms with E-state index < -0.39 is 6.10 Å². The lowest BCUT2D eigenvalue weighted by Crippen LogP contribution is -2.26. The number of para-hydroxylation sites is 2. The van der Waals surface area contributed by atoms with Gasteiger partial charge in [0.2, 0.25) is 5.91 Å². The Labute approximate surface area is 210 Å². The van der Waals surface area contributed by atoms with E-state index in [0.29, 0.717) is 25.3 Å². The molecule has 1 aliphatic rings. The lowest BCUT2D eigenvalue weighted by molar-refractivity contribution is -0.117. The number of aliphatic hydroxyl groups excluding tert-OH is 1. The molecule has 1 aromatic heterocycles. The molecule has 1 aliphatic heterocycles. The second-order valence-electron chi connectivity index (χ2n) is 9.41. The van der Waals surface area contributed by atoms with Crippen LogP contribution in [0.1, 0.15) is 29.3 Å². The maximum atomic E-state index is 13.0. The number of ether oxygens (including phenoxy) is 2. The van der Waals surface area contributed by atoms with Crippen LogP contribution in [0, 0.1) is 13.8 Å². The van der Waals surface area contributed by atoms with E-state index in [0.717, 1.165) is 39.4 Å². The van der Waals surface area contributed by atoms with Gasteiger partial charge in [0.25, 0.3) is 0 Å². The third-order valence-electron chi connectivity index (χ3n) is 6.71.